The van der Waals surface area contributed by atoms with Crippen LogP contribution in [0.1, 0.15) is 35.8 Å². The fourth-order valence-electron chi connectivity index (χ4n) is 4.52. The zero-order valence-electron chi connectivity index (χ0n) is 18.0. The molecule has 1 aromatic heterocycles. The topological polar surface area (TPSA) is 64.3 Å². The van der Waals surface area contributed by atoms with E-state index in [2.05, 4.69) is 15.0 Å². The van der Waals surface area contributed by atoms with Gasteiger partial charge in [0, 0.05) is 69.7 Å². The number of hydrogen-bond acceptors (Lipinski definition) is 5. The molecule has 2 aliphatic rings. The summed E-state index contributed by atoms with van der Waals surface area (Å²) in [5.41, 5.74) is 3.01. The second-order valence-corrected chi connectivity index (χ2v) is 8.11. The second-order valence-electron chi connectivity index (χ2n) is 8.11. The van der Waals surface area contributed by atoms with Crippen molar-refractivity contribution in [1.29, 1.82) is 0 Å². The second kappa shape index (κ2) is 9.51. The van der Waals surface area contributed by atoms with Crippen LogP contribution in [-0.2, 0) is 6.54 Å². The minimum atomic E-state index is -0.207. The molecule has 0 saturated carbocycles. The van der Waals surface area contributed by atoms with Gasteiger partial charge in [-0.25, -0.2) is 4.39 Å². The SMILES string of the molecule is CCn1ccc2c1C(=O)N(CCCN1CCN(c3ccc(F)cc3)CC1)CC/C2=N\O. The molecule has 7 nitrogen and oxygen atoms in total. The van der Waals surface area contributed by atoms with Gasteiger partial charge in [-0.2, -0.15) is 0 Å². The first kappa shape index (κ1) is 21.4. The lowest BCUT2D eigenvalue weighted by molar-refractivity contribution is 0.0744. The van der Waals surface area contributed by atoms with Crippen LogP contribution < -0.4 is 4.90 Å². The van der Waals surface area contributed by atoms with E-state index < -0.39 is 0 Å². The summed E-state index contributed by atoms with van der Waals surface area (Å²) in [6.07, 6.45) is 3.34. The van der Waals surface area contributed by atoms with E-state index in [0.717, 1.165) is 50.4 Å². The maximum atomic E-state index is 13.2. The van der Waals surface area contributed by atoms with Crippen LogP contribution >= 0.6 is 0 Å². The normalized spacial score (nSPS) is 19.0. The summed E-state index contributed by atoms with van der Waals surface area (Å²) in [5, 5.41) is 12.8. The number of piperazine rings is 1. The van der Waals surface area contributed by atoms with Gasteiger partial charge in [-0.05, 0) is 50.2 Å². The quantitative estimate of drug-likeness (QED) is 0.569. The molecule has 0 aliphatic carbocycles. The number of aromatic nitrogens is 1. The Bertz CT molecular complexity index is 932. The molecule has 31 heavy (non-hydrogen) atoms. The van der Waals surface area contributed by atoms with Gasteiger partial charge >= 0.3 is 0 Å². The number of nitrogens with zero attached hydrogens (tertiary/aromatic N) is 5. The summed E-state index contributed by atoms with van der Waals surface area (Å²) in [5.74, 6) is -0.192. The minimum Gasteiger partial charge on any atom is -0.411 e. The lowest BCUT2D eigenvalue weighted by atomic mass is 10.1. The van der Waals surface area contributed by atoms with Crippen LogP contribution in [0, 0.1) is 5.82 Å². The minimum absolute atomic E-state index is 0.0154. The highest BCUT2D eigenvalue weighted by atomic mass is 19.1. The predicted octanol–water partition coefficient (Wildman–Crippen LogP) is 2.88. The fraction of sp³-hybridized carbons (Fsp3) is 0.478. The largest absolute Gasteiger partial charge is 0.411 e. The van der Waals surface area contributed by atoms with Gasteiger partial charge in [0.15, 0.2) is 0 Å². The highest BCUT2D eigenvalue weighted by Gasteiger charge is 2.29. The number of carbonyl (C=O) groups is 1. The molecule has 0 unspecified atom stereocenters. The van der Waals surface area contributed by atoms with Gasteiger partial charge in [0.2, 0.25) is 0 Å². The Morgan fingerprint density at radius 1 is 1.03 bits per heavy atom. The summed E-state index contributed by atoms with van der Waals surface area (Å²) < 4.78 is 15.1. The first-order valence-corrected chi connectivity index (χ1v) is 11.0. The predicted molar refractivity (Wildman–Crippen MR) is 119 cm³/mol. The van der Waals surface area contributed by atoms with E-state index in [1.165, 1.54) is 12.1 Å². The average Bonchev–Trinajstić information content (AvgIpc) is 3.17. The molecule has 166 valence electrons. The summed E-state index contributed by atoms with van der Waals surface area (Å²) in [7, 11) is 0. The van der Waals surface area contributed by atoms with Crippen LogP contribution in [0.15, 0.2) is 41.7 Å². The molecule has 0 bridgehead atoms. The molecule has 1 N–H and O–H groups in total. The summed E-state index contributed by atoms with van der Waals surface area (Å²) >= 11 is 0. The maximum absolute atomic E-state index is 13.2. The van der Waals surface area contributed by atoms with Crippen LogP contribution in [0.4, 0.5) is 10.1 Å². The molecule has 1 aromatic carbocycles. The zero-order valence-corrected chi connectivity index (χ0v) is 18.0. The van der Waals surface area contributed by atoms with Gasteiger partial charge in [-0.3, -0.25) is 9.69 Å². The van der Waals surface area contributed by atoms with Gasteiger partial charge in [-0.1, -0.05) is 5.16 Å². The van der Waals surface area contributed by atoms with Crippen LogP contribution in [0.3, 0.4) is 0 Å². The highest BCUT2D eigenvalue weighted by molar-refractivity contribution is 6.11. The van der Waals surface area contributed by atoms with Crippen molar-refractivity contribution in [2.75, 3.05) is 50.7 Å². The number of anilines is 1. The smallest absolute Gasteiger partial charge is 0.271 e. The Morgan fingerprint density at radius 2 is 1.77 bits per heavy atom. The van der Waals surface area contributed by atoms with E-state index in [4.69, 9.17) is 0 Å². The Labute approximate surface area is 182 Å². The third-order valence-electron chi connectivity index (χ3n) is 6.31. The molecule has 8 heteroatoms. The monoisotopic (exact) mass is 427 g/mol. The van der Waals surface area contributed by atoms with Crippen molar-refractivity contribution < 1.29 is 14.4 Å². The summed E-state index contributed by atoms with van der Waals surface area (Å²) in [4.78, 5) is 19.8. The Hall–Kier alpha value is -2.87. The number of carbonyl (C=O) groups excluding carboxylic acids is 1. The number of hydrogen-bond donors (Lipinski definition) is 1. The van der Waals surface area contributed by atoms with E-state index in [1.807, 2.05) is 40.8 Å². The van der Waals surface area contributed by atoms with E-state index >= 15 is 0 Å². The summed E-state index contributed by atoms with van der Waals surface area (Å²) in [6, 6.07) is 8.55. The van der Waals surface area contributed by atoms with E-state index in [1.54, 1.807) is 0 Å². The lowest BCUT2D eigenvalue weighted by Crippen LogP contribution is -2.47. The van der Waals surface area contributed by atoms with Gasteiger partial charge in [0.25, 0.3) is 5.91 Å². The van der Waals surface area contributed by atoms with Crippen molar-refractivity contribution in [3.63, 3.8) is 0 Å². The molecule has 0 radical (unpaired) electrons. The number of amides is 1. The standard InChI is InChI=1S/C23H30FN5O2/c1-2-27-12-8-20-21(25-31)9-13-29(23(30)22(20)27)11-3-10-26-14-16-28(17-15-26)19-6-4-18(24)5-7-19/h4-8,12,31H,2-3,9-11,13-17H2,1H3/b25-21+. The molecule has 2 aliphatic heterocycles. The number of rotatable bonds is 6. The van der Waals surface area contributed by atoms with Gasteiger partial charge in [0.05, 0.1) is 5.71 Å². The molecule has 2 aromatic rings. The van der Waals surface area contributed by atoms with Crippen molar-refractivity contribution in [3.8, 4) is 0 Å². The number of fused-ring (bicyclic) bond motifs is 1. The lowest BCUT2D eigenvalue weighted by Gasteiger charge is -2.36. The van der Waals surface area contributed by atoms with Gasteiger partial charge < -0.3 is 19.6 Å². The number of oxime groups is 1. The van der Waals surface area contributed by atoms with Crippen LogP contribution in [0.5, 0.6) is 0 Å². The van der Waals surface area contributed by atoms with Crippen molar-refractivity contribution >= 4 is 17.3 Å². The first-order valence-electron chi connectivity index (χ1n) is 11.0. The molecule has 0 atom stereocenters. The van der Waals surface area contributed by atoms with Crippen LogP contribution in [0.25, 0.3) is 0 Å². The van der Waals surface area contributed by atoms with Crippen molar-refractivity contribution in [1.82, 2.24) is 14.4 Å². The van der Waals surface area contributed by atoms with Crippen LogP contribution in [0.2, 0.25) is 0 Å². The summed E-state index contributed by atoms with van der Waals surface area (Å²) in [6.45, 7) is 8.62. The third kappa shape index (κ3) is 4.58. The number of benzene rings is 1. The Morgan fingerprint density at radius 3 is 2.45 bits per heavy atom. The van der Waals surface area contributed by atoms with Crippen LogP contribution in [-0.4, -0.2) is 77.0 Å². The van der Waals surface area contributed by atoms with E-state index in [9.17, 15) is 14.4 Å². The third-order valence-corrected chi connectivity index (χ3v) is 6.31. The van der Waals surface area contributed by atoms with E-state index in [-0.39, 0.29) is 11.7 Å². The Balaban J connectivity index is 1.30. The number of aryl methyl sites for hydroxylation is 1. The molecule has 3 heterocycles. The molecule has 1 fully saturated rings. The highest BCUT2D eigenvalue weighted by Crippen LogP contribution is 2.22. The first-order chi connectivity index (χ1) is 15.1. The molecule has 0 spiro atoms. The van der Waals surface area contributed by atoms with Gasteiger partial charge in [0.1, 0.15) is 11.5 Å². The molecular weight excluding hydrogens is 397 g/mol. The molecule has 1 amide bonds. The fourth-order valence-corrected chi connectivity index (χ4v) is 4.52. The Kier molecular flexibility index (Phi) is 6.56. The molecule has 4 rings (SSSR count). The zero-order chi connectivity index (χ0) is 21.8. The molecule has 1 saturated heterocycles. The van der Waals surface area contributed by atoms with Crippen molar-refractivity contribution in [2.45, 2.75) is 26.3 Å². The van der Waals surface area contributed by atoms with Gasteiger partial charge in [-0.15, -0.1) is 0 Å². The average molecular weight is 428 g/mol. The van der Waals surface area contributed by atoms with Crippen molar-refractivity contribution in [2.24, 2.45) is 5.16 Å². The number of halogens is 1. The van der Waals surface area contributed by atoms with Crippen molar-refractivity contribution in [3.05, 3.63) is 53.6 Å². The molecular formula is C23H30FN5O2. The maximum Gasteiger partial charge on any atom is 0.271 e. The van der Waals surface area contributed by atoms with E-state index in [0.29, 0.717) is 37.5 Å².